The molecule has 7 heteroatoms. The lowest BCUT2D eigenvalue weighted by Gasteiger charge is -2.10. The molecule has 6 nitrogen and oxygen atoms in total. The summed E-state index contributed by atoms with van der Waals surface area (Å²) >= 11 is 5.93. The second-order valence-corrected chi connectivity index (χ2v) is 7.48. The third-order valence-electron chi connectivity index (χ3n) is 4.84. The number of hydrogen-bond donors (Lipinski definition) is 3. The number of carbonyl (C=O) groups excluding carboxylic acids is 2. The van der Waals surface area contributed by atoms with Gasteiger partial charge in [0.25, 0.3) is 0 Å². The molecule has 0 aliphatic carbocycles. The molecule has 0 radical (unpaired) electrons. The number of carbonyl (C=O) groups is 2. The van der Waals surface area contributed by atoms with Crippen LogP contribution in [0.15, 0.2) is 54.6 Å². The zero-order chi connectivity index (χ0) is 21.7. The number of aromatic nitrogens is 1. The smallest absolute Gasteiger partial charge is 0.319 e. The molecule has 0 unspecified atom stereocenters. The maximum Gasteiger partial charge on any atom is 0.319 e. The lowest BCUT2D eigenvalue weighted by molar-refractivity contribution is 0.103. The van der Waals surface area contributed by atoms with Crippen molar-refractivity contribution in [2.45, 2.75) is 13.3 Å². The third kappa shape index (κ3) is 5.09. The number of aliphatic hydroxyl groups is 1. The van der Waals surface area contributed by atoms with Crippen molar-refractivity contribution in [1.29, 1.82) is 0 Å². The van der Waals surface area contributed by atoms with Gasteiger partial charge in [0.15, 0.2) is 0 Å². The number of nitrogens with one attached hydrogen (secondary N) is 2. The van der Waals surface area contributed by atoms with Gasteiger partial charge in [0.2, 0.25) is 5.78 Å². The Kier molecular flexibility index (Phi) is 6.92. The van der Waals surface area contributed by atoms with Crippen molar-refractivity contribution in [3.8, 4) is 0 Å². The Labute approximate surface area is 180 Å². The molecule has 0 fully saturated rings. The van der Waals surface area contributed by atoms with Gasteiger partial charge in [-0.15, -0.1) is 0 Å². The number of urea groups is 1. The first-order valence-corrected chi connectivity index (χ1v) is 9.97. The molecule has 0 spiro atoms. The number of rotatable bonds is 7. The molecular formula is C23H24ClN3O3. The Morgan fingerprint density at radius 1 is 1.07 bits per heavy atom. The molecule has 3 rings (SSSR count). The molecule has 0 saturated carbocycles. The number of ketones is 1. The molecule has 0 bridgehead atoms. The molecule has 3 aromatic rings. The number of hydrogen-bond acceptors (Lipinski definition) is 3. The van der Waals surface area contributed by atoms with Crippen molar-refractivity contribution < 1.29 is 14.7 Å². The summed E-state index contributed by atoms with van der Waals surface area (Å²) in [4.78, 5) is 24.6. The molecule has 1 aromatic heterocycles. The van der Waals surface area contributed by atoms with Crippen LogP contribution in [0.4, 0.5) is 10.5 Å². The molecule has 2 amide bonds. The predicted octanol–water partition coefficient (Wildman–Crippen LogP) is 3.92. The SMILES string of the molecule is Cc1cc(Cc2ccc(NC(=O)NCCO)cc2)n(C)c1C(=O)c1ccc(Cl)cc1. The highest BCUT2D eigenvalue weighted by Crippen LogP contribution is 2.22. The van der Waals surface area contributed by atoms with Crippen LogP contribution in [0.25, 0.3) is 0 Å². The van der Waals surface area contributed by atoms with Crippen molar-refractivity contribution in [3.05, 3.63) is 87.7 Å². The van der Waals surface area contributed by atoms with E-state index >= 15 is 0 Å². The summed E-state index contributed by atoms with van der Waals surface area (Å²) in [7, 11) is 1.90. The van der Waals surface area contributed by atoms with Gasteiger partial charge < -0.3 is 20.3 Å². The molecule has 0 aliphatic rings. The normalized spacial score (nSPS) is 10.7. The van der Waals surface area contributed by atoms with Crippen LogP contribution in [0.2, 0.25) is 5.02 Å². The van der Waals surface area contributed by atoms with E-state index in [-0.39, 0.29) is 25.0 Å². The van der Waals surface area contributed by atoms with Crippen molar-refractivity contribution >= 4 is 29.1 Å². The highest BCUT2D eigenvalue weighted by atomic mass is 35.5. The van der Waals surface area contributed by atoms with E-state index in [1.165, 1.54) is 0 Å². The average Bonchev–Trinajstić information content (AvgIpc) is 3.01. The minimum Gasteiger partial charge on any atom is -0.395 e. The second kappa shape index (κ2) is 9.61. The molecule has 1 heterocycles. The summed E-state index contributed by atoms with van der Waals surface area (Å²) in [6.45, 7) is 2.03. The van der Waals surface area contributed by atoms with E-state index in [9.17, 15) is 9.59 Å². The van der Waals surface area contributed by atoms with Crippen molar-refractivity contribution in [2.24, 2.45) is 7.05 Å². The van der Waals surface area contributed by atoms with Gasteiger partial charge in [0.05, 0.1) is 12.3 Å². The van der Waals surface area contributed by atoms with Crippen LogP contribution < -0.4 is 10.6 Å². The number of amides is 2. The summed E-state index contributed by atoms with van der Waals surface area (Å²) in [5.41, 5.74) is 4.92. The van der Waals surface area contributed by atoms with E-state index in [0.717, 1.165) is 16.8 Å². The molecule has 0 atom stereocenters. The summed E-state index contributed by atoms with van der Waals surface area (Å²) in [5, 5.41) is 14.6. The van der Waals surface area contributed by atoms with E-state index in [4.69, 9.17) is 16.7 Å². The van der Waals surface area contributed by atoms with Gasteiger partial charge in [-0.3, -0.25) is 4.79 Å². The van der Waals surface area contributed by atoms with E-state index in [2.05, 4.69) is 10.6 Å². The minimum absolute atomic E-state index is 0.0358. The van der Waals surface area contributed by atoms with Crippen LogP contribution in [0.1, 0.15) is 32.9 Å². The van der Waals surface area contributed by atoms with E-state index < -0.39 is 0 Å². The van der Waals surface area contributed by atoms with Crippen LogP contribution in [-0.2, 0) is 13.5 Å². The fraction of sp³-hybridized carbons (Fsp3) is 0.217. The van der Waals surface area contributed by atoms with E-state index in [0.29, 0.717) is 28.4 Å². The maximum absolute atomic E-state index is 13.0. The minimum atomic E-state index is -0.361. The van der Waals surface area contributed by atoms with Crippen LogP contribution >= 0.6 is 11.6 Å². The van der Waals surface area contributed by atoms with Crippen LogP contribution in [0.3, 0.4) is 0 Å². The van der Waals surface area contributed by atoms with Crippen LogP contribution in [-0.4, -0.2) is 34.6 Å². The van der Waals surface area contributed by atoms with Gasteiger partial charge in [-0.2, -0.15) is 0 Å². The number of halogens is 1. The lowest BCUT2D eigenvalue weighted by atomic mass is 10.1. The number of nitrogens with zero attached hydrogens (tertiary/aromatic N) is 1. The number of benzene rings is 2. The van der Waals surface area contributed by atoms with E-state index in [1.807, 2.05) is 48.9 Å². The van der Waals surface area contributed by atoms with Gasteiger partial charge in [0.1, 0.15) is 0 Å². The summed E-state index contributed by atoms with van der Waals surface area (Å²) in [5.74, 6) is -0.0358. The Bertz CT molecular complexity index is 1040. The molecule has 30 heavy (non-hydrogen) atoms. The fourth-order valence-corrected chi connectivity index (χ4v) is 3.45. The Morgan fingerprint density at radius 3 is 2.37 bits per heavy atom. The van der Waals surface area contributed by atoms with Gasteiger partial charge >= 0.3 is 6.03 Å². The topological polar surface area (TPSA) is 83.4 Å². The standard InChI is InChI=1S/C23H24ClN3O3/c1-15-13-20(27(2)21(15)22(29)17-5-7-18(24)8-6-17)14-16-3-9-19(10-4-16)26-23(30)25-11-12-28/h3-10,13,28H,11-12,14H2,1-2H3,(H2,25,26,30). The van der Waals surface area contributed by atoms with Crippen molar-refractivity contribution in [2.75, 3.05) is 18.5 Å². The van der Waals surface area contributed by atoms with Crippen LogP contribution in [0.5, 0.6) is 0 Å². The Hall–Kier alpha value is -3.09. The van der Waals surface area contributed by atoms with Crippen molar-refractivity contribution in [1.82, 2.24) is 9.88 Å². The van der Waals surface area contributed by atoms with Gasteiger partial charge in [-0.05, 0) is 60.5 Å². The largest absolute Gasteiger partial charge is 0.395 e. The zero-order valence-electron chi connectivity index (χ0n) is 16.9. The van der Waals surface area contributed by atoms with Crippen LogP contribution in [0, 0.1) is 6.92 Å². The first-order valence-electron chi connectivity index (χ1n) is 9.59. The number of aliphatic hydroxyl groups excluding tert-OH is 1. The number of aryl methyl sites for hydroxylation is 1. The predicted molar refractivity (Wildman–Crippen MR) is 118 cm³/mol. The first-order chi connectivity index (χ1) is 14.4. The maximum atomic E-state index is 13.0. The molecular weight excluding hydrogens is 402 g/mol. The van der Waals surface area contributed by atoms with E-state index in [1.54, 1.807) is 24.3 Å². The second-order valence-electron chi connectivity index (χ2n) is 7.04. The summed E-state index contributed by atoms with van der Waals surface area (Å²) < 4.78 is 1.93. The molecule has 3 N–H and O–H groups in total. The number of anilines is 1. The highest BCUT2D eigenvalue weighted by molar-refractivity contribution is 6.30. The van der Waals surface area contributed by atoms with Crippen molar-refractivity contribution in [3.63, 3.8) is 0 Å². The zero-order valence-corrected chi connectivity index (χ0v) is 17.7. The highest BCUT2D eigenvalue weighted by Gasteiger charge is 2.18. The average molecular weight is 426 g/mol. The molecule has 156 valence electrons. The molecule has 0 aliphatic heterocycles. The van der Waals surface area contributed by atoms with Gasteiger partial charge in [0, 0.05) is 42.0 Å². The van der Waals surface area contributed by atoms with Gasteiger partial charge in [-0.1, -0.05) is 23.7 Å². The lowest BCUT2D eigenvalue weighted by Crippen LogP contribution is -2.30. The van der Waals surface area contributed by atoms with Gasteiger partial charge in [-0.25, -0.2) is 4.79 Å². The Balaban J connectivity index is 1.73. The first kappa shape index (κ1) is 21.6. The molecule has 0 saturated heterocycles. The monoisotopic (exact) mass is 425 g/mol. The molecule has 2 aromatic carbocycles. The summed E-state index contributed by atoms with van der Waals surface area (Å²) in [6, 6.07) is 16.1. The third-order valence-corrected chi connectivity index (χ3v) is 5.09. The Morgan fingerprint density at radius 2 is 1.73 bits per heavy atom. The fourth-order valence-electron chi connectivity index (χ4n) is 3.32. The summed E-state index contributed by atoms with van der Waals surface area (Å²) in [6.07, 6.45) is 0.655. The quantitative estimate of drug-likeness (QED) is 0.501.